The molecule has 1 saturated heterocycles. The van der Waals surface area contributed by atoms with Crippen LogP contribution in [0.25, 0.3) is 0 Å². The molecule has 0 radical (unpaired) electrons. The Hall–Kier alpha value is -1.62. The number of nitrogens with one attached hydrogen (secondary N) is 1. The van der Waals surface area contributed by atoms with E-state index in [0.717, 1.165) is 18.7 Å². The van der Waals surface area contributed by atoms with Gasteiger partial charge in [0.05, 0.1) is 24.9 Å². The van der Waals surface area contributed by atoms with E-state index in [-0.39, 0.29) is 6.10 Å². The fourth-order valence-corrected chi connectivity index (χ4v) is 4.96. The van der Waals surface area contributed by atoms with Gasteiger partial charge >= 0.3 is 6.09 Å². The molecule has 5 heteroatoms. The normalized spacial score (nSPS) is 17.5. The van der Waals surface area contributed by atoms with Gasteiger partial charge in [-0.25, -0.2) is 4.79 Å². The maximum Gasteiger partial charge on any atom is 0.407 e. The van der Waals surface area contributed by atoms with Gasteiger partial charge < -0.3 is 14.8 Å². The highest BCUT2D eigenvalue weighted by Gasteiger charge is 2.26. The fraction of sp³-hybridized carbons (Fsp3) is 0.800. The topological polar surface area (TPSA) is 60.5 Å². The number of hydrogen-bond acceptors (Lipinski definition) is 4. The Balaban J connectivity index is 1.31. The van der Waals surface area contributed by atoms with Gasteiger partial charge in [-0.3, -0.25) is 4.98 Å². The van der Waals surface area contributed by atoms with E-state index in [1.807, 2.05) is 18.2 Å². The molecule has 35 heavy (non-hydrogen) atoms. The third kappa shape index (κ3) is 15.9. The van der Waals surface area contributed by atoms with Gasteiger partial charge in [-0.15, -0.1) is 0 Å². The van der Waals surface area contributed by atoms with Crippen molar-refractivity contribution in [1.29, 1.82) is 0 Å². The molecule has 1 fully saturated rings. The Morgan fingerprint density at radius 2 is 1.51 bits per heavy atom. The summed E-state index contributed by atoms with van der Waals surface area (Å²) in [7, 11) is 0. The standard InChI is InChI=1S/C30H52N2O3/c1-2-3-4-5-6-7-8-9-10-11-12-13-14-15-16-17-20-27-23-29(34-25-27)26-35-30(33)32-24-28-21-18-19-22-31-28/h18-19,21-22,27,29H,2-17,20,23-26H2,1H3,(H,32,33)/t27-,29+/m0/s1. The zero-order valence-corrected chi connectivity index (χ0v) is 22.5. The van der Waals surface area contributed by atoms with Crippen molar-refractivity contribution < 1.29 is 14.3 Å². The largest absolute Gasteiger partial charge is 0.447 e. The van der Waals surface area contributed by atoms with Crippen molar-refractivity contribution in [2.24, 2.45) is 5.92 Å². The molecule has 1 aliphatic heterocycles. The van der Waals surface area contributed by atoms with E-state index in [9.17, 15) is 4.79 Å². The molecule has 0 unspecified atom stereocenters. The maximum atomic E-state index is 11.9. The summed E-state index contributed by atoms with van der Waals surface area (Å²) in [5, 5.41) is 2.74. The SMILES string of the molecule is CCCCCCCCCCCCCCCCCC[C@@H]1CO[C@@H](COC(=O)NCc2ccccn2)C1. The number of alkyl carbamates (subject to hydrolysis) is 1. The summed E-state index contributed by atoms with van der Waals surface area (Å²) in [6.45, 7) is 3.81. The molecule has 0 aliphatic carbocycles. The lowest BCUT2D eigenvalue weighted by Crippen LogP contribution is -2.27. The highest BCUT2D eigenvalue weighted by atomic mass is 16.6. The van der Waals surface area contributed by atoms with Crippen molar-refractivity contribution in [2.75, 3.05) is 13.2 Å². The van der Waals surface area contributed by atoms with Gasteiger partial charge in [0.15, 0.2) is 0 Å². The third-order valence-corrected chi connectivity index (χ3v) is 7.17. The highest BCUT2D eigenvalue weighted by Crippen LogP contribution is 2.25. The molecular weight excluding hydrogens is 436 g/mol. The van der Waals surface area contributed by atoms with E-state index < -0.39 is 6.09 Å². The molecule has 1 aliphatic rings. The molecular formula is C30H52N2O3. The molecule has 0 aromatic carbocycles. The number of carbonyl (C=O) groups excluding carboxylic acids is 1. The number of nitrogens with zero attached hydrogens (tertiary/aromatic N) is 1. The van der Waals surface area contributed by atoms with Gasteiger partial charge in [0, 0.05) is 6.20 Å². The lowest BCUT2D eigenvalue weighted by molar-refractivity contribution is 0.0424. The Bertz CT molecular complexity index is 625. The van der Waals surface area contributed by atoms with E-state index in [0.29, 0.717) is 19.1 Å². The predicted octanol–water partition coefficient (Wildman–Crippen LogP) is 8.36. The first-order chi connectivity index (χ1) is 17.3. The van der Waals surface area contributed by atoms with Crippen molar-refractivity contribution in [3.63, 3.8) is 0 Å². The molecule has 1 N–H and O–H groups in total. The molecule has 2 atom stereocenters. The lowest BCUT2D eigenvalue weighted by atomic mass is 9.97. The summed E-state index contributed by atoms with van der Waals surface area (Å²) in [4.78, 5) is 16.1. The van der Waals surface area contributed by atoms with Crippen LogP contribution in [-0.2, 0) is 16.0 Å². The molecule has 0 spiro atoms. The van der Waals surface area contributed by atoms with E-state index in [2.05, 4.69) is 17.2 Å². The maximum absolute atomic E-state index is 11.9. The van der Waals surface area contributed by atoms with E-state index >= 15 is 0 Å². The molecule has 2 rings (SSSR count). The van der Waals surface area contributed by atoms with Gasteiger partial charge in [0.25, 0.3) is 0 Å². The minimum atomic E-state index is -0.402. The first-order valence-electron chi connectivity index (χ1n) is 14.7. The predicted molar refractivity (Wildman–Crippen MR) is 144 cm³/mol. The number of carbonyl (C=O) groups is 1. The van der Waals surface area contributed by atoms with Crippen molar-refractivity contribution in [1.82, 2.24) is 10.3 Å². The van der Waals surface area contributed by atoms with Crippen LogP contribution in [0.2, 0.25) is 0 Å². The summed E-state index contributed by atoms with van der Waals surface area (Å²) >= 11 is 0. The number of aromatic nitrogens is 1. The van der Waals surface area contributed by atoms with Crippen LogP contribution in [0.4, 0.5) is 4.79 Å². The fourth-order valence-electron chi connectivity index (χ4n) is 4.96. The summed E-state index contributed by atoms with van der Waals surface area (Å²) < 4.78 is 11.2. The van der Waals surface area contributed by atoms with Crippen LogP contribution < -0.4 is 5.32 Å². The number of hydrogen-bond donors (Lipinski definition) is 1. The summed E-state index contributed by atoms with van der Waals surface area (Å²) in [5.74, 6) is 0.617. The molecule has 1 aromatic rings. The van der Waals surface area contributed by atoms with Crippen LogP contribution in [0, 0.1) is 5.92 Å². The second-order valence-electron chi connectivity index (χ2n) is 10.4. The summed E-state index contributed by atoms with van der Waals surface area (Å²) in [6, 6.07) is 5.64. The van der Waals surface area contributed by atoms with Crippen LogP contribution in [0.15, 0.2) is 24.4 Å². The van der Waals surface area contributed by atoms with E-state index in [1.54, 1.807) is 6.20 Å². The smallest absolute Gasteiger partial charge is 0.407 e. The Morgan fingerprint density at radius 3 is 2.09 bits per heavy atom. The number of unbranched alkanes of at least 4 members (excludes halogenated alkanes) is 15. The Kier molecular flexibility index (Phi) is 17.4. The Labute approximate surface area is 215 Å². The third-order valence-electron chi connectivity index (χ3n) is 7.17. The van der Waals surface area contributed by atoms with Gasteiger partial charge in [0.1, 0.15) is 6.61 Å². The number of rotatable bonds is 21. The number of amides is 1. The first kappa shape index (κ1) is 29.6. The van der Waals surface area contributed by atoms with E-state index in [1.165, 1.54) is 109 Å². The zero-order chi connectivity index (χ0) is 24.8. The van der Waals surface area contributed by atoms with Gasteiger partial charge in [-0.2, -0.15) is 0 Å². The number of pyridine rings is 1. The van der Waals surface area contributed by atoms with Crippen molar-refractivity contribution in [2.45, 2.75) is 135 Å². The molecule has 0 bridgehead atoms. The van der Waals surface area contributed by atoms with E-state index in [4.69, 9.17) is 9.47 Å². The molecule has 200 valence electrons. The summed E-state index contributed by atoms with van der Waals surface area (Å²) in [6.07, 6.45) is 26.1. The molecule has 2 heterocycles. The van der Waals surface area contributed by atoms with Crippen LogP contribution >= 0.6 is 0 Å². The molecule has 0 saturated carbocycles. The van der Waals surface area contributed by atoms with Crippen molar-refractivity contribution in [3.05, 3.63) is 30.1 Å². The minimum Gasteiger partial charge on any atom is -0.447 e. The first-order valence-corrected chi connectivity index (χ1v) is 14.7. The number of ether oxygens (including phenoxy) is 2. The average Bonchev–Trinajstić information content (AvgIpc) is 3.34. The van der Waals surface area contributed by atoms with Gasteiger partial charge in [-0.05, 0) is 30.9 Å². The molecule has 5 nitrogen and oxygen atoms in total. The second kappa shape index (κ2) is 20.6. The molecule has 1 aromatic heterocycles. The highest BCUT2D eigenvalue weighted by molar-refractivity contribution is 5.67. The van der Waals surface area contributed by atoms with Gasteiger partial charge in [-0.1, -0.05) is 116 Å². The van der Waals surface area contributed by atoms with Crippen LogP contribution in [0.1, 0.15) is 128 Å². The second-order valence-corrected chi connectivity index (χ2v) is 10.4. The van der Waals surface area contributed by atoms with Gasteiger partial charge in [0.2, 0.25) is 0 Å². The van der Waals surface area contributed by atoms with Crippen LogP contribution in [-0.4, -0.2) is 30.4 Å². The quantitative estimate of drug-likeness (QED) is 0.177. The van der Waals surface area contributed by atoms with Crippen LogP contribution in [0.5, 0.6) is 0 Å². The average molecular weight is 489 g/mol. The monoisotopic (exact) mass is 488 g/mol. The van der Waals surface area contributed by atoms with Crippen LogP contribution in [0.3, 0.4) is 0 Å². The zero-order valence-electron chi connectivity index (χ0n) is 22.5. The Morgan fingerprint density at radius 1 is 0.914 bits per heavy atom. The van der Waals surface area contributed by atoms with Crippen molar-refractivity contribution in [3.8, 4) is 0 Å². The summed E-state index contributed by atoms with van der Waals surface area (Å²) in [5.41, 5.74) is 0.820. The van der Waals surface area contributed by atoms with Crippen molar-refractivity contribution >= 4 is 6.09 Å². The lowest BCUT2D eigenvalue weighted by Gasteiger charge is -2.11. The molecule has 1 amide bonds. The minimum absolute atomic E-state index is 0.0432.